The lowest BCUT2D eigenvalue weighted by molar-refractivity contribution is 0.0698. The van der Waals surface area contributed by atoms with Gasteiger partial charge in [-0.15, -0.1) is 0 Å². The van der Waals surface area contributed by atoms with E-state index in [1.807, 2.05) is 0 Å². The van der Waals surface area contributed by atoms with Gasteiger partial charge in [0.2, 0.25) is 0 Å². The Balaban J connectivity index is 2.38. The Bertz CT molecular complexity index is 734. The van der Waals surface area contributed by atoms with E-state index in [-0.39, 0.29) is 27.5 Å². The summed E-state index contributed by atoms with van der Waals surface area (Å²) in [7, 11) is 0. The van der Waals surface area contributed by atoms with E-state index in [0.717, 1.165) is 12.1 Å². The zero-order chi connectivity index (χ0) is 15.6. The minimum absolute atomic E-state index is 0.00339. The summed E-state index contributed by atoms with van der Waals surface area (Å²) in [5, 5.41) is 11.7. The number of nitrogen functional groups attached to an aromatic ring is 1. The Morgan fingerprint density at radius 1 is 1.14 bits per heavy atom. The highest BCUT2D eigenvalue weighted by Gasteiger charge is 2.16. The smallest absolute Gasteiger partial charge is 0.337 e. The molecule has 0 atom stereocenters. The molecule has 0 aliphatic carbocycles. The second-order valence-electron chi connectivity index (χ2n) is 4.18. The molecule has 0 unspecified atom stereocenters. The van der Waals surface area contributed by atoms with Gasteiger partial charge in [0.25, 0.3) is 5.91 Å². The number of carbonyl (C=O) groups is 2. The number of carbonyl (C=O) groups excluding carboxylic acids is 1. The summed E-state index contributed by atoms with van der Waals surface area (Å²) in [6, 6.07) is 7.27. The number of benzene rings is 2. The SMILES string of the molecule is Nc1ccc(F)cc1C(=O)Nc1cc(Cl)ccc1C(=O)O. The van der Waals surface area contributed by atoms with Crippen LogP contribution in [0.25, 0.3) is 0 Å². The summed E-state index contributed by atoms with van der Waals surface area (Å²) < 4.78 is 13.2. The van der Waals surface area contributed by atoms with Gasteiger partial charge < -0.3 is 16.2 Å². The lowest BCUT2D eigenvalue weighted by Crippen LogP contribution is -2.16. The van der Waals surface area contributed by atoms with Gasteiger partial charge in [-0.2, -0.15) is 0 Å². The third-order valence-electron chi connectivity index (χ3n) is 2.72. The molecule has 0 bridgehead atoms. The van der Waals surface area contributed by atoms with Gasteiger partial charge in [-0.1, -0.05) is 11.6 Å². The largest absolute Gasteiger partial charge is 0.478 e. The van der Waals surface area contributed by atoms with E-state index < -0.39 is 17.7 Å². The number of hydrogen-bond donors (Lipinski definition) is 3. The third kappa shape index (κ3) is 3.29. The molecule has 1 amide bonds. The topological polar surface area (TPSA) is 92.4 Å². The van der Waals surface area contributed by atoms with Crippen molar-refractivity contribution in [2.75, 3.05) is 11.1 Å². The van der Waals surface area contributed by atoms with Crippen LogP contribution in [0.3, 0.4) is 0 Å². The van der Waals surface area contributed by atoms with Crippen LogP contribution in [0, 0.1) is 5.82 Å². The Labute approximate surface area is 124 Å². The number of amides is 1. The average Bonchev–Trinajstić information content (AvgIpc) is 2.41. The number of carboxylic acids is 1. The molecule has 0 aliphatic rings. The number of anilines is 2. The molecule has 0 spiro atoms. The lowest BCUT2D eigenvalue weighted by atomic mass is 10.1. The number of hydrogen-bond acceptors (Lipinski definition) is 3. The number of rotatable bonds is 3. The molecule has 4 N–H and O–H groups in total. The van der Waals surface area contributed by atoms with Gasteiger partial charge in [0.1, 0.15) is 5.82 Å². The molecule has 5 nitrogen and oxygen atoms in total. The maximum atomic E-state index is 13.2. The number of nitrogens with one attached hydrogen (secondary N) is 1. The monoisotopic (exact) mass is 308 g/mol. The van der Waals surface area contributed by atoms with Crippen molar-refractivity contribution in [2.45, 2.75) is 0 Å². The summed E-state index contributed by atoms with van der Waals surface area (Å²) in [4.78, 5) is 23.2. The minimum Gasteiger partial charge on any atom is -0.478 e. The fraction of sp³-hybridized carbons (Fsp3) is 0. The van der Waals surface area contributed by atoms with Crippen LogP contribution in [0.15, 0.2) is 36.4 Å². The molecule has 0 saturated carbocycles. The van der Waals surface area contributed by atoms with Gasteiger partial charge in [0.05, 0.1) is 16.8 Å². The van der Waals surface area contributed by atoms with E-state index >= 15 is 0 Å². The second kappa shape index (κ2) is 5.80. The fourth-order valence-corrected chi connectivity index (χ4v) is 1.89. The second-order valence-corrected chi connectivity index (χ2v) is 4.62. The first-order valence-electron chi connectivity index (χ1n) is 5.77. The lowest BCUT2D eigenvalue weighted by Gasteiger charge is -2.10. The first-order chi connectivity index (χ1) is 9.88. The Morgan fingerprint density at radius 3 is 2.52 bits per heavy atom. The summed E-state index contributed by atoms with van der Waals surface area (Å²) in [6.07, 6.45) is 0. The Hall–Kier alpha value is -2.60. The molecule has 21 heavy (non-hydrogen) atoms. The molecule has 2 aromatic carbocycles. The molecule has 0 aliphatic heterocycles. The van der Waals surface area contributed by atoms with Crippen molar-refractivity contribution in [3.63, 3.8) is 0 Å². The van der Waals surface area contributed by atoms with Crippen LogP contribution in [0.5, 0.6) is 0 Å². The van der Waals surface area contributed by atoms with E-state index in [9.17, 15) is 14.0 Å². The van der Waals surface area contributed by atoms with E-state index in [0.29, 0.717) is 0 Å². The molecule has 2 rings (SSSR count). The van der Waals surface area contributed by atoms with Crippen molar-refractivity contribution in [1.29, 1.82) is 0 Å². The van der Waals surface area contributed by atoms with Crippen LogP contribution in [-0.2, 0) is 0 Å². The van der Waals surface area contributed by atoms with E-state index in [2.05, 4.69) is 5.32 Å². The summed E-state index contributed by atoms with van der Waals surface area (Å²) in [5.74, 6) is -2.58. The maximum absolute atomic E-state index is 13.2. The highest BCUT2D eigenvalue weighted by atomic mass is 35.5. The van der Waals surface area contributed by atoms with Crippen molar-refractivity contribution in [2.24, 2.45) is 0 Å². The molecule has 108 valence electrons. The molecule has 0 saturated heterocycles. The molecule has 7 heteroatoms. The van der Waals surface area contributed by atoms with Gasteiger partial charge in [-0.3, -0.25) is 4.79 Å². The first kappa shape index (κ1) is 14.8. The normalized spacial score (nSPS) is 10.2. The summed E-state index contributed by atoms with van der Waals surface area (Å²) >= 11 is 5.78. The number of halogens is 2. The standard InChI is InChI=1S/C14H10ClFN2O3/c15-7-1-3-9(14(20)21)12(5-7)18-13(19)10-6-8(16)2-4-11(10)17/h1-6H,17H2,(H,18,19)(H,20,21). The van der Waals surface area contributed by atoms with Crippen LogP contribution < -0.4 is 11.1 Å². The van der Waals surface area contributed by atoms with Crippen molar-refractivity contribution in [3.8, 4) is 0 Å². The van der Waals surface area contributed by atoms with Crippen molar-refractivity contribution < 1.29 is 19.1 Å². The molecule has 2 aromatic rings. The van der Waals surface area contributed by atoms with Crippen LogP contribution in [0.1, 0.15) is 20.7 Å². The van der Waals surface area contributed by atoms with Gasteiger partial charge in [0.15, 0.2) is 0 Å². The predicted molar refractivity (Wildman–Crippen MR) is 77.2 cm³/mol. The van der Waals surface area contributed by atoms with Gasteiger partial charge in [-0.05, 0) is 36.4 Å². The minimum atomic E-state index is -1.23. The van der Waals surface area contributed by atoms with Crippen molar-refractivity contribution >= 4 is 34.9 Å². The van der Waals surface area contributed by atoms with Crippen molar-refractivity contribution in [3.05, 3.63) is 58.4 Å². The quantitative estimate of drug-likeness (QED) is 0.760. The summed E-state index contributed by atoms with van der Waals surface area (Å²) in [5.41, 5.74) is 5.45. The molecular weight excluding hydrogens is 299 g/mol. The highest BCUT2D eigenvalue weighted by molar-refractivity contribution is 6.31. The predicted octanol–water partition coefficient (Wildman–Crippen LogP) is 3.01. The van der Waals surface area contributed by atoms with Crippen LogP contribution in [0.4, 0.5) is 15.8 Å². The molecule has 0 fully saturated rings. The van der Waals surface area contributed by atoms with Crippen LogP contribution in [0.2, 0.25) is 5.02 Å². The zero-order valence-electron chi connectivity index (χ0n) is 10.6. The van der Waals surface area contributed by atoms with Crippen LogP contribution >= 0.6 is 11.6 Å². The van der Waals surface area contributed by atoms with Gasteiger partial charge >= 0.3 is 5.97 Å². The first-order valence-corrected chi connectivity index (χ1v) is 6.15. The molecule has 0 aromatic heterocycles. The molecular formula is C14H10ClFN2O3. The van der Waals surface area contributed by atoms with E-state index in [4.69, 9.17) is 22.4 Å². The van der Waals surface area contributed by atoms with Gasteiger partial charge in [-0.25, -0.2) is 9.18 Å². The highest BCUT2D eigenvalue weighted by Crippen LogP contribution is 2.23. The third-order valence-corrected chi connectivity index (χ3v) is 2.96. The molecule has 0 radical (unpaired) electrons. The number of carboxylic acid groups (broad SMARTS) is 1. The summed E-state index contributed by atoms with van der Waals surface area (Å²) in [6.45, 7) is 0. The van der Waals surface area contributed by atoms with Crippen LogP contribution in [-0.4, -0.2) is 17.0 Å². The van der Waals surface area contributed by atoms with Gasteiger partial charge in [0, 0.05) is 10.7 Å². The van der Waals surface area contributed by atoms with E-state index in [1.165, 1.54) is 24.3 Å². The van der Waals surface area contributed by atoms with Crippen molar-refractivity contribution in [1.82, 2.24) is 0 Å². The fourth-order valence-electron chi connectivity index (χ4n) is 1.72. The zero-order valence-corrected chi connectivity index (χ0v) is 11.3. The Morgan fingerprint density at radius 2 is 1.86 bits per heavy atom. The number of aromatic carboxylic acids is 1. The number of nitrogens with two attached hydrogens (primary N) is 1. The van der Waals surface area contributed by atoms with E-state index in [1.54, 1.807) is 0 Å². The maximum Gasteiger partial charge on any atom is 0.337 e. The average molecular weight is 309 g/mol. The Kier molecular flexibility index (Phi) is 4.09. The molecule has 0 heterocycles.